The molecule has 1 aromatic heterocycles. The molecule has 1 N–H and O–H groups in total. The highest BCUT2D eigenvalue weighted by Crippen LogP contribution is 2.23. The fourth-order valence-corrected chi connectivity index (χ4v) is 5.33. The molecule has 2 rings (SSSR count). The molecular weight excluding hydrogens is 384 g/mol. The lowest BCUT2D eigenvalue weighted by atomic mass is 10.1. The van der Waals surface area contributed by atoms with Gasteiger partial charge in [0.15, 0.2) is 5.78 Å². The maximum atomic E-state index is 12.0. The number of carbonyl (C=O) groups is 2. The van der Waals surface area contributed by atoms with Crippen LogP contribution >= 0.6 is 22.9 Å². The molecule has 1 saturated heterocycles. The van der Waals surface area contributed by atoms with Crippen molar-refractivity contribution in [1.82, 2.24) is 9.62 Å². The van der Waals surface area contributed by atoms with Crippen LogP contribution in [-0.4, -0.2) is 49.3 Å². The molecule has 0 aromatic carbocycles. The molecule has 1 aliphatic rings. The lowest BCUT2D eigenvalue weighted by Crippen LogP contribution is -2.47. The highest BCUT2D eigenvalue weighted by molar-refractivity contribution is 7.89. The summed E-state index contributed by atoms with van der Waals surface area (Å²) in [6.07, 6.45) is 2.07. The molecule has 6 nitrogen and oxygen atoms in total. The average molecular weight is 407 g/mol. The zero-order valence-electron chi connectivity index (χ0n) is 14.2. The third-order valence-electron chi connectivity index (χ3n) is 4.10. The van der Waals surface area contributed by atoms with Gasteiger partial charge in [-0.3, -0.25) is 9.59 Å². The van der Waals surface area contributed by atoms with E-state index >= 15 is 0 Å². The Labute approximate surface area is 157 Å². The Morgan fingerprint density at radius 1 is 1.28 bits per heavy atom. The number of nitrogens with zero attached hydrogens (tertiary/aromatic N) is 1. The van der Waals surface area contributed by atoms with Crippen LogP contribution in [0.1, 0.15) is 48.7 Å². The molecule has 0 unspecified atom stereocenters. The maximum Gasteiger partial charge on any atom is 0.220 e. The summed E-state index contributed by atoms with van der Waals surface area (Å²) >= 11 is 7.01. The van der Waals surface area contributed by atoms with Crippen molar-refractivity contribution in [3.63, 3.8) is 0 Å². The molecule has 1 aliphatic heterocycles. The van der Waals surface area contributed by atoms with Crippen LogP contribution in [0.15, 0.2) is 12.1 Å². The van der Waals surface area contributed by atoms with Crippen LogP contribution < -0.4 is 5.32 Å². The SMILES string of the molecule is CCCS(=O)(=O)N1CCC(NC(=O)CCC(=O)c2ccc(Cl)s2)CC1. The Hall–Kier alpha value is -0.960. The van der Waals surface area contributed by atoms with Crippen LogP contribution in [0.3, 0.4) is 0 Å². The van der Waals surface area contributed by atoms with E-state index in [0.29, 0.717) is 41.6 Å². The average Bonchev–Trinajstić information content (AvgIpc) is 3.00. The number of Topliss-reactive ketones (excluding diaryl/α,β-unsaturated/α-hetero) is 1. The summed E-state index contributed by atoms with van der Waals surface area (Å²) < 4.78 is 26.1. The number of carbonyl (C=O) groups excluding carboxylic acids is 2. The van der Waals surface area contributed by atoms with Crippen molar-refractivity contribution < 1.29 is 18.0 Å². The molecular formula is C16H23ClN2O4S2. The van der Waals surface area contributed by atoms with Crippen molar-refractivity contribution in [2.45, 2.75) is 45.1 Å². The minimum atomic E-state index is -3.17. The van der Waals surface area contributed by atoms with Gasteiger partial charge in [0.05, 0.1) is 15.0 Å². The minimum Gasteiger partial charge on any atom is -0.353 e. The van der Waals surface area contributed by atoms with Gasteiger partial charge in [-0.15, -0.1) is 11.3 Å². The first-order valence-corrected chi connectivity index (χ1v) is 11.2. The van der Waals surface area contributed by atoms with E-state index in [4.69, 9.17) is 11.6 Å². The Bertz CT molecular complexity index is 709. The van der Waals surface area contributed by atoms with Crippen molar-refractivity contribution in [2.24, 2.45) is 0 Å². The van der Waals surface area contributed by atoms with E-state index in [1.54, 1.807) is 12.1 Å². The van der Waals surface area contributed by atoms with E-state index in [1.807, 2.05) is 6.92 Å². The zero-order valence-corrected chi connectivity index (χ0v) is 16.6. The fraction of sp³-hybridized carbons (Fsp3) is 0.625. The van der Waals surface area contributed by atoms with Gasteiger partial charge in [0, 0.05) is 32.0 Å². The van der Waals surface area contributed by atoms with E-state index in [1.165, 1.54) is 15.6 Å². The van der Waals surface area contributed by atoms with Gasteiger partial charge in [-0.1, -0.05) is 18.5 Å². The molecule has 25 heavy (non-hydrogen) atoms. The minimum absolute atomic E-state index is 0.0353. The predicted molar refractivity (Wildman–Crippen MR) is 99.7 cm³/mol. The number of sulfonamides is 1. The van der Waals surface area contributed by atoms with Gasteiger partial charge in [0.25, 0.3) is 0 Å². The Morgan fingerprint density at radius 3 is 2.52 bits per heavy atom. The van der Waals surface area contributed by atoms with Crippen molar-refractivity contribution in [3.05, 3.63) is 21.3 Å². The second-order valence-corrected chi connectivity index (χ2v) is 9.89. The highest BCUT2D eigenvalue weighted by Gasteiger charge is 2.28. The molecule has 0 bridgehead atoms. The van der Waals surface area contributed by atoms with Crippen LogP contribution in [0.5, 0.6) is 0 Å². The number of hydrogen-bond acceptors (Lipinski definition) is 5. The van der Waals surface area contributed by atoms with E-state index < -0.39 is 10.0 Å². The summed E-state index contributed by atoms with van der Waals surface area (Å²) in [5.74, 6) is -0.0998. The number of ketones is 1. The van der Waals surface area contributed by atoms with E-state index in [-0.39, 0.29) is 36.3 Å². The van der Waals surface area contributed by atoms with Crippen LogP contribution in [-0.2, 0) is 14.8 Å². The van der Waals surface area contributed by atoms with Crippen LogP contribution in [0.4, 0.5) is 0 Å². The smallest absolute Gasteiger partial charge is 0.220 e. The fourth-order valence-electron chi connectivity index (χ4n) is 2.78. The summed E-state index contributed by atoms with van der Waals surface area (Å²) in [5, 5.41) is 2.90. The third kappa shape index (κ3) is 6.06. The number of halogens is 1. The van der Waals surface area contributed by atoms with Crippen LogP contribution in [0, 0.1) is 0 Å². The normalized spacial score (nSPS) is 16.7. The molecule has 1 aromatic rings. The van der Waals surface area contributed by atoms with Gasteiger partial charge in [-0.05, 0) is 31.4 Å². The first-order chi connectivity index (χ1) is 11.8. The van der Waals surface area contributed by atoms with Crippen molar-refractivity contribution >= 4 is 44.7 Å². The monoisotopic (exact) mass is 406 g/mol. The van der Waals surface area contributed by atoms with Gasteiger partial charge in [-0.2, -0.15) is 0 Å². The van der Waals surface area contributed by atoms with Crippen LogP contribution in [0.25, 0.3) is 0 Å². The van der Waals surface area contributed by atoms with Crippen molar-refractivity contribution in [3.8, 4) is 0 Å². The third-order valence-corrected chi connectivity index (χ3v) is 7.45. The number of nitrogens with one attached hydrogen (secondary N) is 1. The Balaban J connectivity index is 1.72. The predicted octanol–water partition coefficient (Wildman–Crippen LogP) is 2.68. The first kappa shape index (κ1) is 20.4. The second-order valence-electron chi connectivity index (χ2n) is 6.08. The molecule has 140 valence electrons. The summed E-state index contributed by atoms with van der Waals surface area (Å²) in [4.78, 5) is 24.5. The topological polar surface area (TPSA) is 83.6 Å². The summed E-state index contributed by atoms with van der Waals surface area (Å²) in [5.41, 5.74) is 0. The lowest BCUT2D eigenvalue weighted by molar-refractivity contribution is -0.122. The summed E-state index contributed by atoms with van der Waals surface area (Å²) in [7, 11) is -3.17. The lowest BCUT2D eigenvalue weighted by Gasteiger charge is -2.31. The molecule has 0 atom stereocenters. The van der Waals surface area contributed by atoms with Gasteiger partial charge < -0.3 is 5.32 Å². The largest absolute Gasteiger partial charge is 0.353 e. The molecule has 0 saturated carbocycles. The van der Waals surface area contributed by atoms with E-state index in [0.717, 1.165) is 0 Å². The van der Waals surface area contributed by atoms with Gasteiger partial charge in [0.2, 0.25) is 15.9 Å². The van der Waals surface area contributed by atoms with Gasteiger partial charge in [-0.25, -0.2) is 12.7 Å². The molecule has 2 heterocycles. The summed E-state index contributed by atoms with van der Waals surface area (Å²) in [6, 6.07) is 3.30. The molecule has 9 heteroatoms. The zero-order chi connectivity index (χ0) is 18.4. The van der Waals surface area contributed by atoms with Gasteiger partial charge in [0.1, 0.15) is 0 Å². The number of hydrogen-bond donors (Lipinski definition) is 1. The highest BCUT2D eigenvalue weighted by atomic mass is 35.5. The number of rotatable bonds is 8. The first-order valence-electron chi connectivity index (χ1n) is 8.37. The molecule has 1 amide bonds. The number of piperidine rings is 1. The molecule has 0 spiro atoms. The molecule has 0 aliphatic carbocycles. The molecule has 1 fully saturated rings. The van der Waals surface area contributed by atoms with Crippen molar-refractivity contribution in [1.29, 1.82) is 0 Å². The quantitative estimate of drug-likeness (QED) is 0.672. The van der Waals surface area contributed by atoms with E-state index in [9.17, 15) is 18.0 Å². The van der Waals surface area contributed by atoms with Gasteiger partial charge >= 0.3 is 0 Å². The second kappa shape index (κ2) is 9.12. The Morgan fingerprint density at radius 2 is 1.96 bits per heavy atom. The summed E-state index contributed by atoms with van der Waals surface area (Å²) in [6.45, 7) is 2.70. The Kier molecular flexibility index (Phi) is 7.42. The van der Waals surface area contributed by atoms with Crippen LogP contribution in [0.2, 0.25) is 4.34 Å². The van der Waals surface area contributed by atoms with E-state index in [2.05, 4.69) is 5.32 Å². The maximum absolute atomic E-state index is 12.0. The van der Waals surface area contributed by atoms with Crippen molar-refractivity contribution in [2.75, 3.05) is 18.8 Å². The standard InChI is InChI=1S/C16H23ClN2O4S2/c1-2-11-25(22,23)19-9-7-12(8-10-19)18-16(21)6-3-13(20)14-4-5-15(17)24-14/h4-5,12H,2-3,6-11H2,1H3,(H,18,21). The number of amides is 1. The molecule has 0 radical (unpaired) electrons. The number of thiophene rings is 1.